The maximum absolute atomic E-state index is 12.7. The number of methoxy groups -OCH3 is 1. The van der Waals surface area contributed by atoms with Crippen LogP contribution in [0.2, 0.25) is 0 Å². The molecule has 23 heavy (non-hydrogen) atoms. The van der Waals surface area contributed by atoms with Gasteiger partial charge >= 0.3 is 0 Å². The number of hydrogen-bond donors (Lipinski definition) is 0. The molecule has 0 bridgehead atoms. The summed E-state index contributed by atoms with van der Waals surface area (Å²) in [6.07, 6.45) is 0. The summed E-state index contributed by atoms with van der Waals surface area (Å²) < 4.78 is 6.98. The highest BCUT2D eigenvalue weighted by Gasteiger charge is 2.24. The monoisotopic (exact) mass is 316 g/mol. The smallest absolute Gasteiger partial charge is 0.252 e. The zero-order valence-electron chi connectivity index (χ0n) is 14.4. The van der Waals surface area contributed by atoms with Crippen LogP contribution in [0.15, 0.2) is 29.1 Å². The van der Waals surface area contributed by atoms with Gasteiger partial charge in [0, 0.05) is 24.5 Å². The van der Waals surface area contributed by atoms with Crippen LogP contribution >= 0.6 is 0 Å². The first-order chi connectivity index (χ1) is 11.0. The molecule has 1 heterocycles. The molecule has 5 heteroatoms. The molecule has 0 saturated carbocycles. The number of carbonyl (C=O) groups is 1. The van der Waals surface area contributed by atoms with E-state index in [2.05, 4.69) is 0 Å². The zero-order valence-corrected chi connectivity index (χ0v) is 14.4. The Bertz CT molecular complexity index is 776. The van der Waals surface area contributed by atoms with E-state index in [0.29, 0.717) is 24.4 Å². The van der Waals surface area contributed by atoms with E-state index in [1.165, 1.54) is 0 Å². The van der Waals surface area contributed by atoms with Crippen molar-refractivity contribution in [3.8, 4) is 5.75 Å². The van der Waals surface area contributed by atoms with Gasteiger partial charge in [-0.1, -0.05) is 12.1 Å². The second-order valence-electron chi connectivity index (χ2n) is 5.58. The fourth-order valence-electron chi connectivity index (χ4n) is 2.99. The Labute approximate surface area is 136 Å². The molecule has 124 valence electrons. The van der Waals surface area contributed by atoms with Gasteiger partial charge in [-0.15, -0.1) is 0 Å². The Hall–Kier alpha value is -2.30. The van der Waals surface area contributed by atoms with Crippen LogP contribution in [0.1, 0.15) is 32.4 Å². The van der Waals surface area contributed by atoms with E-state index in [-0.39, 0.29) is 11.5 Å². The zero-order chi connectivity index (χ0) is 17.1. The largest absolute Gasteiger partial charge is 0.495 e. The number of ether oxygens (including phenoxy) is 1. The molecule has 0 radical (unpaired) electrons. The van der Waals surface area contributed by atoms with Gasteiger partial charge in [0.1, 0.15) is 11.8 Å². The quantitative estimate of drug-likeness (QED) is 0.852. The van der Waals surface area contributed by atoms with Crippen molar-refractivity contribution in [3.05, 3.63) is 40.2 Å². The highest BCUT2D eigenvalue weighted by atomic mass is 16.5. The number of para-hydroxylation sites is 1. The van der Waals surface area contributed by atoms with Crippen molar-refractivity contribution in [1.29, 1.82) is 0 Å². The molecule has 1 atom stereocenters. The minimum Gasteiger partial charge on any atom is -0.495 e. The van der Waals surface area contributed by atoms with Crippen LogP contribution in [0.5, 0.6) is 5.75 Å². The minimum atomic E-state index is -0.582. The molecular weight excluding hydrogens is 292 g/mol. The van der Waals surface area contributed by atoms with Gasteiger partial charge in [0.15, 0.2) is 0 Å². The molecule has 0 aliphatic rings. The van der Waals surface area contributed by atoms with Gasteiger partial charge in [-0.25, -0.2) is 0 Å². The topological polar surface area (TPSA) is 51.5 Å². The van der Waals surface area contributed by atoms with E-state index in [1.54, 1.807) is 29.6 Å². The average Bonchev–Trinajstić information content (AvgIpc) is 2.55. The van der Waals surface area contributed by atoms with Gasteiger partial charge in [0.25, 0.3) is 5.56 Å². The Morgan fingerprint density at radius 2 is 1.96 bits per heavy atom. The van der Waals surface area contributed by atoms with Crippen molar-refractivity contribution in [1.82, 2.24) is 9.47 Å². The van der Waals surface area contributed by atoms with Crippen LogP contribution in [0, 0.1) is 6.92 Å². The molecule has 5 nitrogen and oxygen atoms in total. The predicted octanol–water partition coefficient (Wildman–Crippen LogP) is 2.75. The van der Waals surface area contributed by atoms with Gasteiger partial charge in [-0.05, 0) is 39.3 Å². The number of hydrogen-bond acceptors (Lipinski definition) is 3. The van der Waals surface area contributed by atoms with Gasteiger partial charge in [0.05, 0.1) is 12.6 Å². The number of nitrogens with zero attached hydrogens (tertiary/aromatic N) is 2. The SMILES string of the molecule is CCN(CC)C(=O)C(C)n1c(=O)cc(C)c2cccc(OC)c21. The summed E-state index contributed by atoms with van der Waals surface area (Å²) in [4.78, 5) is 27.0. The van der Waals surface area contributed by atoms with Crippen molar-refractivity contribution < 1.29 is 9.53 Å². The van der Waals surface area contributed by atoms with Gasteiger partial charge in [-0.2, -0.15) is 0 Å². The molecule has 0 aliphatic heterocycles. The number of rotatable bonds is 5. The van der Waals surface area contributed by atoms with Crippen LogP contribution in [0.4, 0.5) is 0 Å². The van der Waals surface area contributed by atoms with E-state index in [4.69, 9.17) is 4.74 Å². The number of aryl methyl sites for hydroxylation is 1. The molecule has 1 unspecified atom stereocenters. The van der Waals surface area contributed by atoms with Crippen LogP contribution in [0.25, 0.3) is 10.9 Å². The lowest BCUT2D eigenvalue weighted by atomic mass is 10.1. The standard InChI is InChI=1S/C18H24N2O3/c1-6-19(7-2)18(22)13(4)20-16(21)11-12(3)14-9-8-10-15(23-5)17(14)20/h8-11,13H,6-7H2,1-5H3. The highest BCUT2D eigenvalue weighted by molar-refractivity contribution is 5.90. The molecule has 2 rings (SSSR count). The average molecular weight is 316 g/mol. The lowest BCUT2D eigenvalue weighted by molar-refractivity contribution is -0.133. The van der Waals surface area contributed by atoms with Gasteiger partial charge < -0.3 is 9.64 Å². The summed E-state index contributed by atoms with van der Waals surface area (Å²) in [5, 5.41) is 0.920. The summed E-state index contributed by atoms with van der Waals surface area (Å²) >= 11 is 0. The van der Waals surface area contributed by atoms with E-state index in [9.17, 15) is 9.59 Å². The first-order valence-corrected chi connectivity index (χ1v) is 7.93. The number of pyridine rings is 1. The molecular formula is C18H24N2O3. The molecule has 0 N–H and O–H groups in total. The Morgan fingerprint density at radius 3 is 2.52 bits per heavy atom. The normalized spacial score (nSPS) is 12.2. The molecule has 1 aromatic heterocycles. The molecule has 2 aromatic rings. The first kappa shape index (κ1) is 17.1. The van der Waals surface area contributed by atoms with E-state index >= 15 is 0 Å². The fourth-order valence-corrected chi connectivity index (χ4v) is 2.99. The number of amides is 1. The van der Waals surface area contributed by atoms with Crippen molar-refractivity contribution >= 4 is 16.8 Å². The summed E-state index contributed by atoms with van der Waals surface area (Å²) in [7, 11) is 1.57. The number of aromatic nitrogens is 1. The van der Waals surface area contributed by atoms with Crippen molar-refractivity contribution in [2.24, 2.45) is 0 Å². The van der Waals surface area contributed by atoms with E-state index < -0.39 is 6.04 Å². The maximum atomic E-state index is 12.7. The van der Waals surface area contributed by atoms with Crippen molar-refractivity contribution in [2.45, 2.75) is 33.7 Å². The van der Waals surface area contributed by atoms with E-state index in [0.717, 1.165) is 10.9 Å². The third-order valence-corrected chi connectivity index (χ3v) is 4.28. The number of likely N-dealkylation sites (N-methyl/N-ethyl adjacent to an activating group) is 1. The fraction of sp³-hybridized carbons (Fsp3) is 0.444. The molecule has 0 aliphatic carbocycles. The lowest BCUT2D eigenvalue weighted by Gasteiger charge is -2.26. The van der Waals surface area contributed by atoms with Crippen LogP contribution < -0.4 is 10.3 Å². The minimum absolute atomic E-state index is 0.0619. The molecule has 0 saturated heterocycles. The second kappa shape index (κ2) is 6.86. The van der Waals surface area contributed by atoms with Gasteiger partial charge in [-0.3, -0.25) is 14.2 Å². The van der Waals surface area contributed by atoms with Crippen molar-refractivity contribution in [2.75, 3.05) is 20.2 Å². The van der Waals surface area contributed by atoms with Crippen molar-refractivity contribution in [3.63, 3.8) is 0 Å². The molecule has 0 spiro atoms. The van der Waals surface area contributed by atoms with Crippen LogP contribution in [-0.4, -0.2) is 35.6 Å². The second-order valence-corrected chi connectivity index (χ2v) is 5.58. The van der Waals surface area contributed by atoms with Crippen LogP contribution in [0.3, 0.4) is 0 Å². The maximum Gasteiger partial charge on any atom is 0.252 e. The van der Waals surface area contributed by atoms with Crippen LogP contribution in [-0.2, 0) is 4.79 Å². The Morgan fingerprint density at radius 1 is 1.30 bits per heavy atom. The number of fused-ring (bicyclic) bond motifs is 1. The summed E-state index contributed by atoms with van der Waals surface area (Å²) in [6.45, 7) is 8.77. The molecule has 0 fully saturated rings. The molecule has 1 aromatic carbocycles. The predicted molar refractivity (Wildman–Crippen MR) is 92.1 cm³/mol. The summed E-state index contributed by atoms with van der Waals surface area (Å²) in [5.74, 6) is 0.538. The molecule has 1 amide bonds. The Kier molecular flexibility index (Phi) is 5.08. The third kappa shape index (κ3) is 2.96. The van der Waals surface area contributed by atoms with Gasteiger partial charge in [0.2, 0.25) is 5.91 Å². The summed E-state index contributed by atoms with van der Waals surface area (Å²) in [5.41, 5.74) is 1.36. The highest BCUT2D eigenvalue weighted by Crippen LogP contribution is 2.28. The number of benzene rings is 1. The lowest BCUT2D eigenvalue weighted by Crippen LogP contribution is -2.39. The summed E-state index contributed by atoms with van der Waals surface area (Å²) in [6, 6.07) is 6.64. The van der Waals surface area contributed by atoms with E-state index in [1.807, 2.05) is 39.0 Å². The Balaban J connectivity index is 2.74. The third-order valence-electron chi connectivity index (χ3n) is 4.28. The number of carbonyl (C=O) groups excluding carboxylic acids is 1. The first-order valence-electron chi connectivity index (χ1n) is 7.93.